The zero-order valence-electron chi connectivity index (χ0n) is 21.4. The van der Waals surface area contributed by atoms with Gasteiger partial charge in [0, 0.05) is 37.4 Å². The number of anilines is 3. The van der Waals surface area contributed by atoms with E-state index in [1.54, 1.807) is 4.90 Å². The summed E-state index contributed by atoms with van der Waals surface area (Å²) in [4.78, 5) is 25.9. The fraction of sp³-hybridized carbons (Fsp3) is 0.593. The largest absolute Gasteiger partial charge is 0.494 e. The SMILES string of the molecule is CCCCOc1ccc(N(C(N)=O)[C@H]2CC[C@@H](Nc3nc4c(c(N(C)C)n3)CCCC4)CC2)cc1. The molecule has 2 amide bonds. The summed E-state index contributed by atoms with van der Waals surface area (Å²) in [6.07, 6.45) is 10.2. The van der Waals surface area contributed by atoms with Crippen molar-refractivity contribution in [2.75, 3.05) is 35.8 Å². The van der Waals surface area contributed by atoms with Gasteiger partial charge in [0.05, 0.1) is 12.3 Å². The standard InChI is InChI=1S/C27H40N6O2/c1-4-5-18-35-22-16-14-21(15-17-22)33(26(28)34)20-12-10-19(11-13-20)29-27-30-24-9-7-6-8-23(24)25(31-27)32(2)3/h14-17,19-20H,4-13,18H2,1-3H3,(H2,28,34)(H,29,30,31)/t19-,20+. The van der Waals surface area contributed by atoms with Crippen LogP contribution in [0.5, 0.6) is 5.75 Å². The third kappa shape index (κ3) is 6.16. The molecule has 1 aromatic carbocycles. The summed E-state index contributed by atoms with van der Waals surface area (Å²) in [5, 5.41) is 3.59. The molecule has 2 aliphatic rings. The second kappa shape index (κ2) is 11.6. The summed E-state index contributed by atoms with van der Waals surface area (Å²) in [6, 6.07) is 7.66. The highest BCUT2D eigenvalue weighted by Crippen LogP contribution is 2.32. The Balaban J connectivity index is 1.38. The van der Waals surface area contributed by atoms with E-state index in [4.69, 9.17) is 20.4 Å². The van der Waals surface area contributed by atoms with E-state index in [0.717, 1.165) is 74.6 Å². The Bertz CT molecular complexity index is 986. The quantitative estimate of drug-likeness (QED) is 0.495. The van der Waals surface area contributed by atoms with Crippen LogP contribution in [0, 0.1) is 0 Å². The molecule has 0 bridgehead atoms. The number of fused-ring (bicyclic) bond motifs is 1. The summed E-state index contributed by atoms with van der Waals surface area (Å²) < 4.78 is 5.76. The summed E-state index contributed by atoms with van der Waals surface area (Å²) in [5.74, 6) is 2.58. The number of hydrogen-bond acceptors (Lipinski definition) is 6. The van der Waals surface area contributed by atoms with Crippen molar-refractivity contribution in [1.29, 1.82) is 0 Å². The van der Waals surface area contributed by atoms with E-state index in [9.17, 15) is 4.79 Å². The number of nitrogens with zero attached hydrogens (tertiary/aromatic N) is 4. The number of rotatable bonds is 9. The van der Waals surface area contributed by atoms with Gasteiger partial charge in [-0.3, -0.25) is 4.90 Å². The van der Waals surface area contributed by atoms with Gasteiger partial charge in [0.2, 0.25) is 5.95 Å². The monoisotopic (exact) mass is 480 g/mol. The number of hydrogen-bond donors (Lipinski definition) is 2. The highest BCUT2D eigenvalue weighted by Gasteiger charge is 2.30. The maximum absolute atomic E-state index is 12.4. The lowest BCUT2D eigenvalue weighted by molar-refractivity contribution is 0.248. The van der Waals surface area contributed by atoms with Gasteiger partial charge in [0.25, 0.3) is 0 Å². The predicted octanol–water partition coefficient (Wildman–Crippen LogP) is 4.91. The van der Waals surface area contributed by atoms with E-state index < -0.39 is 6.03 Å². The lowest BCUT2D eigenvalue weighted by Gasteiger charge is -2.36. The number of ether oxygens (including phenoxy) is 1. The molecule has 3 N–H and O–H groups in total. The van der Waals surface area contributed by atoms with Gasteiger partial charge in [0.1, 0.15) is 11.6 Å². The second-order valence-corrected chi connectivity index (χ2v) is 9.95. The van der Waals surface area contributed by atoms with E-state index in [0.29, 0.717) is 6.61 Å². The molecule has 0 atom stereocenters. The minimum atomic E-state index is -0.408. The Labute approximate surface area is 209 Å². The van der Waals surface area contributed by atoms with Gasteiger partial charge in [-0.25, -0.2) is 9.78 Å². The Morgan fingerprint density at radius 3 is 2.46 bits per heavy atom. The van der Waals surface area contributed by atoms with Crippen LogP contribution in [-0.4, -0.2) is 48.8 Å². The molecule has 0 unspecified atom stereocenters. The lowest BCUT2D eigenvalue weighted by atomic mass is 9.90. The molecule has 4 rings (SSSR count). The molecule has 0 spiro atoms. The molecule has 0 saturated heterocycles. The summed E-state index contributed by atoms with van der Waals surface area (Å²) >= 11 is 0. The molecule has 8 nitrogen and oxygen atoms in total. The van der Waals surface area contributed by atoms with Crippen molar-refractivity contribution in [3.63, 3.8) is 0 Å². The molecule has 35 heavy (non-hydrogen) atoms. The molecule has 1 fully saturated rings. The fourth-order valence-corrected chi connectivity index (χ4v) is 5.22. The number of primary amides is 1. The van der Waals surface area contributed by atoms with Gasteiger partial charge >= 0.3 is 6.03 Å². The highest BCUT2D eigenvalue weighted by atomic mass is 16.5. The number of aromatic nitrogens is 2. The van der Waals surface area contributed by atoms with Crippen LogP contribution in [0.1, 0.15) is 69.5 Å². The van der Waals surface area contributed by atoms with Crippen LogP contribution in [0.25, 0.3) is 0 Å². The first-order valence-corrected chi connectivity index (χ1v) is 13.1. The first kappa shape index (κ1) is 25.1. The Morgan fingerprint density at radius 2 is 1.80 bits per heavy atom. The van der Waals surface area contributed by atoms with Gasteiger partial charge in [-0.1, -0.05) is 13.3 Å². The van der Waals surface area contributed by atoms with Crippen LogP contribution < -0.4 is 25.6 Å². The zero-order valence-corrected chi connectivity index (χ0v) is 21.4. The van der Waals surface area contributed by atoms with E-state index in [2.05, 4.69) is 31.2 Å². The maximum Gasteiger partial charge on any atom is 0.319 e. The molecule has 0 radical (unpaired) electrons. The third-order valence-electron chi connectivity index (χ3n) is 7.10. The number of nitrogens with two attached hydrogens (primary N) is 1. The molecule has 190 valence electrons. The van der Waals surface area contributed by atoms with Crippen molar-refractivity contribution < 1.29 is 9.53 Å². The smallest absolute Gasteiger partial charge is 0.319 e. The van der Waals surface area contributed by atoms with E-state index in [1.807, 2.05) is 24.3 Å². The molecule has 0 aliphatic heterocycles. The van der Waals surface area contributed by atoms with Crippen LogP contribution in [0.3, 0.4) is 0 Å². The maximum atomic E-state index is 12.4. The van der Waals surface area contributed by atoms with Gasteiger partial charge in [-0.2, -0.15) is 4.98 Å². The second-order valence-electron chi connectivity index (χ2n) is 9.95. The average Bonchev–Trinajstić information content (AvgIpc) is 2.85. The van der Waals surface area contributed by atoms with E-state index in [1.165, 1.54) is 24.1 Å². The first-order valence-electron chi connectivity index (χ1n) is 13.1. The van der Waals surface area contributed by atoms with E-state index >= 15 is 0 Å². The predicted molar refractivity (Wildman–Crippen MR) is 142 cm³/mol. The fourth-order valence-electron chi connectivity index (χ4n) is 5.22. The summed E-state index contributed by atoms with van der Waals surface area (Å²) in [5.41, 5.74) is 9.13. The summed E-state index contributed by atoms with van der Waals surface area (Å²) in [6.45, 7) is 2.85. The van der Waals surface area contributed by atoms with Crippen molar-refractivity contribution in [2.45, 2.75) is 83.2 Å². The molecule has 8 heteroatoms. The van der Waals surface area contributed by atoms with Gasteiger partial charge < -0.3 is 20.7 Å². The van der Waals surface area contributed by atoms with Crippen molar-refractivity contribution >= 4 is 23.5 Å². The van der Waals surface area contributed by atoms with Gasteiger partial charge in [-0.15, -0.1) is 0 Å². The lowest BCUT2D eigenvalue weighted by Crippen LogP contribution is -2.46. The number of aryl methyl sites for hydroxylation is 1. The summed E-state index contributed by atoms with van der Waals surface area (Å²) in [7, 11) is 4.10. The molecular weight excluding hydrogens is 440 g/mol. The van der Waals surface area contributed by atoms with Crippen molar-refractivity contribution in [3.05, 3.63) is 35.5 Å². The molecule has 1 heterocycles. The Kier molecular flexibility index (Phi) is 8.31. The van der Waals surface area contributed by atoms with Crippen LogP contribution in [0.15, 0.2) is 24.3 Å². The van der Waals surface area contributed by atoms with Gasteiger partial charge in [-0.05, 0) is 82.1 Å². The van der Waals surface area contributed by atoms with Crippen LogP contribution >= 0.6 is 0 Å². The molecule has 1 aromatic heterocycles. The zero-order chi connectivity index (χ0) is 24.8. The molecule has 2 aromatic rings. The number of carbonyl (C=O) groups excluding carboxylic acids is 1. The van der Waals surface area contributed by atoms with Crippen LogP contribution in [-0.2, 0) is 12.8 Å². The number of unbranched alkanes of at least 4 members (excludes halogenated alkanes) is 1. The number of carbonyl (C=O) groups is 1. The third-order valence-corrected chi connectivity index (χ3v) is 7.10. The Morgan fingerprint density at radius 1 is 1.09 bits per heavy atom. The molecular formula is C27H40N6O2. The number of urea groups is 1. The van der Waals surface area contributed by atoms with Crippen molar-refractivity contribution in [1.82, 2.24) is 9.97 Å². The molecule has 2 aliphatic carbocycles. The minimum Gasteiger partial charge on any atom is -0.494 e. The van der Waals surface area contributed by atoms with Crippen LogP contribution in [0.2, 0.25) is 0 Å². The number of nitrogens with one attached hydrogen (secondary N) is 1. The van der Waals surface area contributed by atoms with Crippen molar-refractivity contribution in [2.24, 2.45) is 5.73 Å². The highest BCUT2D eigenvalue weighted by molar-refractivity contribution is 5.91. The van der Waals surface area contributed by atoms with E-state index in [-0.39, 0.29) is 12.1 Å². The molecule has 1 saturated carbocycles. The van der Waals surface area contributed by atoms with Crippen molar-refractivity contribution in [3.8, 4) is 5.75 Å². The average molecular weight is 481 g/mol. The van der Waals surface area contributed by atoms with Gasteiger partial charge in [0.15, 0.2) is 0 Å². The number of benzene rings is 1. The normalized spacial score (nSPS) is 19.5. The van der Waals surface area contributed by atoms with Crippen LogP contribution in [0.4, 0.5) is 22.2 Å². The Hall–Kier alpha value is -3.03. The number of amides is 2. The minimum absolute atomic E-state index is 0.0826. The first-order chi connectivity index (χ1) is 17.0. The topological polar surface area (TPSA) is 96.6 Å².